The minimum absolute atomic E-state index is 0.0151. The van der Waals surface area contributed by atoms with Crippen molar-refractivity contribution in [2.75, 3.05) is 13.2 Å². The number of hydrogen-bond acceptors (Lipinski definition) is 4. The molecule has 7 nitrogen and oxygen atoms in total. The fourth-order valence-electron chi connectivity index (χ4n) is 6.10. The lowest BCUT2D eigenvalue weighted by Crippen LogP contribution is -2.48. The Morgan fingerprint density at radius 1 is 0.943 bits per heavy atom. The maximum atomic E-state index is 13.1. The van der Waals surface area contributed by atoms with Crippen LogP contribution in [0, 0.1) is 11.8 Å². The average Bonchev–Trinajstić information content (AvgIpc) is 3.45. The minimum atomic E-state index is -0.780. The van der Waals surface area contributed by atoms with Gasteiger partial charge in [-0.05, 0) is 61.3 Å². The van der Waals surface area contributed by atoms with E-state index in [0.29, 0.717) is 25.8 Å². The Morgan fingerprint density at radius 3 is 2.23 bits per heavy atom. The highest BCUT2D eigenvalue weighted by molar-refractivity contribution is 5.81. The van der Waals surface area contributed by atoms with E-state index in [1.807, 2.05) is 36.1 Å². The molecular weight excluding hydrogens is 444 g/mol. The number of hydrogen-bond donors (Lipinski definition) is 2. The summed E-state index contributed by atoms with van der Waals surface area (Å²) in [4.78, 5) is 38.8. The smallest absolute Gasteiger partial charge is 0.407 e. The number of rotatable bonds is 5. The molecule has 1 aliphatic heterocycles. The summed E-state index contributed by atoms with van der Waals surface area (Å²) in [6.45, 7) is 2.68. The Balaban J connectivity index is 1.13. The van der Waals surface area contributed by atoms with Gasteiger partial charge in [-0.1, -0.05) is 48.5 Å². The summed E-state index contributed by atoms with van der Waals surface area (Å²) in [5.74, 6) is -1.20. The molecule has 1 saturated carbocycles. The van der Waals surface area contributed by atoms with E-state index in [0.717, 1.165) is 12.8 Å². The van der Waals surface area contributed by atoms with Crippen LogP contribution in [-0.4, -0.2) is 53.2 Å². The van der Waals surface area contributed by atoms with Crippen molar-refractivity contribution < 1.29 is 24.2 Å². The van der Waals surface area contributed by atoms with Gasteiger partial charge in [0.2, 0.25) is 5.91 Å². The zero-order valence-electron chi connectivity index (χ0n) is 20.0. The maximum absolute atomic E-state index is 13.1. The molecule has 3 aliphatic rings. The van der Waals surface area contributed by atoms with Gasteiger partial charge in [0.1, 0.15) is 6.61 Å². The van der Waals surface area contributed by atoms with Crippen LogP contribution in [0.4, 0.5) is 4.79 Å². The number of ether oxygens (including phenoxy) is 1. The summed E-state index contributed by atoms with van der Waals surface area (Å²) in [6, 6.07) is 16.3. The molecule has 2 unspecified atom stereocenters. The predicted molar refractivity (Wildman–Crippen MR) is 131 cm³/mol. The van der Waals surface area contributed by atoms with Gasteiger partial charge in [0, 0.05) is 30.5 Å². The Morgan fingerprint density at radius 2 is 1.60 bits per heavy atom. The monoisotopic (exact) mass is 476 g/mol. The highest BCUT2D eigenvalue weighted by atomic mass is 16.5. The number of carbonyl (C=O) groups excluding carboxylic acids is 2. The molecule has 2 fully saturated rings. The largest absolute Gasteiger partial charge is 0.481 e. The first-order valence-corrected chi connectivity index (χ1v) is 12.6. The second kappa shape index (κ2) is 9.72. The molecule has 0 spiro atoms. The number of aliphatic carboxylic acids is 1. The molecule has 2 amide bonds. The first kappa shape index (κ1) is 23.4. The number of nitrogens with zero attached hydrogens (tertiary/aromatic N) is 1. The Kier molecular flexibility index (Phi) is 6.50. The predicted octanol–water partition coefficient (Wildman–Crippen LogP) is 4.41. The number of nitrogens with one attached hydrogen (secondary N) is 1. The van der Waals surface area contributed by atoms with E-state index in [4.69, 9.17) is 4.74 Å². The Bertz CT molecular complexity index is 1090. The third-order valence-corrected chi connectivity index (χ3v) is 7.96. The van der Waals surface area contributed by atoms with Gasteiger partial charge in [-0.15, -0.1) is 0 Å². The lowest BCUT2D eigenvalue weighted by atomic mass is 9.90. The van der Waals surface area contributed by atoms with Crippen LogP contribution >= 0.6 is 0 Å². The van der Waals surface area contributed by atoms with Gasteiger partial charge in [-0.2, -0.15) is 0 Å². The van der Waals surface area contributed by atoms with Gasteiger partial charge in [-0.3, -0.25) is 9.59 Å². The van der Waals surface area contributed by atoms with Crippen LogP contribution in [0.1, 0.15) is 56.1 Å². The Hall–Kier alpha value is -3.35. The van der Waals surface area contributed by atoms with Gasteiger partial charge in [0.05, 0.1) is 5.92 Å². The van der Waals surface area contributed by atoms with Gasteiger partial charge < -0.3 is 20.1 Å². The SMILES string of the molecule is C[C@H]1C[C@@H](C(=O)O)CCN1C(=O)C1CCC(NC(=O)OCC2c3ccccc3-c3ccccc32)C1. The van der Waals surface area contributed by atoms with Crippen molar-refractivity contribution in [3.63, 3.8) is 0 Å². The molecule has 2 aromatic rings. The van der Waals surface area contributed by atoms with Crippen LogP contribution < -0.4 is 5.32 Å². The highest BCUT2D eigenvalue weighted by Gasteiger charge is 2.38. The van der Waals surface area contributed by atoms with E-state index in [2.05, 4.69) is 29.6 Å². The van der Waals surface area contributed by atoms with Crippen LogP contribution in [0.3, 0.4) is 0 Å². The second-order valence-electron chi connectivity index (χ2n) is 10.1. The van der Waals surface area contributed by atoms with Crippen molar-refractivity contribution in [2.45, 2.75) is 57.0 Å². The third-order valence-electron chi connectivity index (χ3n) is 7.96. The number of carboxylic acids is 1. The molecule has 2 aromatic carbocycles. The number of fused-ring (bicyclic) bond motifs is 3. The van der Waals surface area contributed by atoms with E-state index in [1.165, 1.54) is 22.3 Å². The molecule has 5 rings (SSSR count). The molecule has 0 bridgehead atoms. The fraction of sp³-hybridized carbons (Fsp3) is 0.464. The Labute approximate surface area is 205 Å². The number of carbonyl (C=O) groups is 3. The summed E-state index contributed by atoms with van der Waals surface area (Å²) in [5, 5.41) is 12.2. The molecule has 7 heteroatoms. The quantitative estimate of drug-likeness (QED) is 0.667. The maximum Gasteiger partial charge on any atom is 0.407 e. The molecule has 4 atom stereocenters. The van der Waals surface area contributed by atoms with E-state index in [1.54, 1.807) is 0 Å². The molecule has 2 aliphatic carbocycles. The summed E-state index contributed by atoms with van der Waals surface area (Å²) >= 11 is 0. The van der Waals surface area contributed by atoms with Crippen LogP contribution in [0.2, 0.25) is 0 Å². The van der Waals surface area contributed by atoms with Crippen LogP contribution in [0.5, 0.6) is 0 Å². The number of likely N-dealkylation sites (tertiary alicyclic amines) is 1. The third kappa shape index (κ3) is 4.64. The van der Waals surface area contributed by atoms with Crippen molar-refractivity contribution in [1.29, 1.82) is 0 Å². The molecule has 2 N–H and O–H groups in total. The number of benzene rings is 2. The van der Waals surface area contributed by atoms with Crippen LogP contribution in [-0.2, 0) is 14.3 Å². The topological polar surface area (TPSA) is 95.9 Å². The van der Waals surface area contributed by atoms with Crippen molar-refractivity contribution >= 4 is 18.0 Å². The van der Waals surface area contributed by atoms with Gasteiger partial charge in [-0.25, -0.2) is 4.79 Å². The van der Waals surface area contributed by atoms with E-state index >= 15 is 0 Å². The lowest BCUT2D eigenvalue weighted by Gasteiger charge is -2.37. The summed E-state index contributed by atoms with van der Waals surface area (Å²) < 4.78 is 5.66. The average molecular weight is 477 g/mol. The summed E-state index contributed by atoms with van der Waals surface area (Å²) in [7, 11) is 0. The van der Waals surface area contributed by atoms with Gasteiger partial charge in [0.15, 0.2) is 0 Å². The van der Waals surface area contributed by atoms with Crippen molar-refractivity contribution in [1.82, 2.24) is 10.2 Å². The molecular formula is C28H32N2O5. The summed E-state index contributed by atoms with van der Waals surface area (Å²) in [6.07, 6.45) is 2.60. The van der Waals surface area contributed by atoms with Crippen LogP contribution in [0.25, 0.3) is 11.1 Å². The van der Waals surface area contributed by atoms with Gasteiger partial charge >= 0.3 is 12.1 Å². The van der Waals surface area contributed by atoms with E-state index in [-0.39, 0.29) is 42.4 Å². The van der Waals surface area contributed by atoms with Gasteiger partial charge in [0.25, 0.3) is 0 Å². The molecule has 184 valence electrons. The number of amides is 2. The molecule has 35 heavy (non-hydrogen) atoms. The van der Waals surface area contributed by atoms with Crippen molar-refractivity contribution in [3.05, 3.63) is 59.7 Å². The first-order valence-electron chi connectivity index (χ1n) is 12.6. The lowest BCUT2D eigenvalue weighted by molar-refractivity contribution is -0.148. The highest BCUT2D eigenvalue weighted by Crippen LogP contribution is 2.44. The minimum Gasteiger partial charge on any atom is -0.481 e. The molecule has 1 saturated heterocycles. The van der Waals surface area contributed by atoms with Crippen molar-refractivity contribution in [2.24, 2.45) is 11.8 Å². The fourth-order valence-corrected chi connectivity index (χ4v) is 6.10. The zero-order chi connectivity index (χ0) is 24.5. The van der Waals surface area contributed by atoms with E-state index in [9.17, 15) is 19.5 Å². The molecule has 0 aromatic heterocycles. The summed E-state index contributed by atoms with van der Waals surface area (Å²) in [5.41, 5.74) is 4.73. The van der Waals surface area contributed by atoms with Crippen molar-refractivity contribution in [3.8, 4) is 11.1 Å². The van der Waals surface area contributed by atoms with E-state index < -0.39 is 12.1 Å². The zero-order valence-corrected chi connectivity index (χ0v) is 20.0. The standard InChI is InChI=1S/C28H32N2O5/c1-17-14-19(27(32)33)12-13-30(17)26(31)18-10-11-20(15-18)29-28(34)35-16-25-23-8-4-2-6-21(23)22-7-3-5-9-24(22)25/h2-9,17-20,25H,10-16H2,1H3,(H,29,34)(H,32,33)/t17-,18?,19-,20?/m0/s1. The molecule has 0 radical (unpaired) electrons. The first-order chi connectivity index (χ1) is 16.9. The molecule has 1 heterocycles. The normalized spacial score (nSPS) is 25.6. The van der Waals surface area contributed by atoms with Crippen LogP contribution in [0.15, 0.2) is 48.5 Å². The number of carboxylic acid groups (broad SMARTS) is 1. The number of alkyl carbamates (subject to hydrolysis) is 1. The number of piperidine rings is 1. The second-order valence-corrected chi connectivity index (χ2v) is 10.1.